The van der Waals surface area contributed by atoms with Crippen LogP contribution in [0.1, 0.15) is 25.0 Å². The van der Waals surface area contributed by atoms with Crippen LogP contribution in [-0.2, 0) is 14.8 Å². The molecule has 1 amide bonds. The van der Waals surface area contributed by atoms with Crippen LogP contribution in [-0.4, -0.2) is 36.6 Å². The Bertz CT molecular complexity index is 1030. The number of carbonyl (C=O) groups is 1. The van der Waals surface area contributed by atoms with E-state index in [1.54, 1.807) is 39.0 Å². The molecule has 0 aliphatic carbocycles. The van der Waals surface area contributed by atoms with E-state index in [1.807, 2.05) is 0 Å². The van der Waals surface area contributed by atoms with Gasteiger partial charge in [0.2, 0.25) is 15.9 Å². The van der Waals surface area contributed by atoms with Crippen molar-refractivity contribution in [2.24, 2.45) is 0 Å². The predicted molar refractivity (Wildman–Crippen MR) is 112 cm³/mol. The van der Waals surface area contributed by atoms with Crippen LogP contribution >= 0.6 is 0 Å². The van der Waals surface area contributed by atoms with E-state index in [9.17, 15) is 23.3 Å². The standard InChI is InChI=1S/C20H23N3O5S/c1-4-22(5-2)29(27,28)18-11-7-16(8-12-18)9-13-20(24)21-19-14-17(23(25)26)10-6-15(19)3/h6-14H,4-5H2,1-3H3,(H,21,24)/b13-9+. The van der Waals surface area contributed by atoms with Crippen molar-refractivity contribution in [2.75, 3.05) is 18.4 Å². The Morgan fingerprint density at radius 3 is 2.31 bits per heavy atom. The van der Waals surface area contributed by atoms with E-state index in [0.29, 0.717) is 29.9 Å². The van der Waals surface area contributed by atoms with Crippen molar-refractivity contribution in [3.05, 3.63) is 69.8 Å². The number of anilines is 1. The first kappa shape index (κ1) is 22.3. The molecule has 2 rings (SSSR count). The summed E-state index contributed by atoms with van der Waals surface area (Å²) in [6.07, 6.45) is 2.82. The van der Waals surface area contributed by atoms with Gasteiger partial charge in [-0.1, -0.05) is 32.0 Å². The van der Waals surface area contributed by atoms with Gasteiger partial charge >= 0.3 is 0 Å². The van der Waals surface area contributed by atoms with Crippen molar-refractivity contribution in [1.29, 1.82) is 0 Å². The number of nitrogens with zero attached hydrogens (tertiary/aromatic N) is 2. The van der Waals surface area contributed by atoms with E-state index in [2.05, 4.69) is 5.32 Å². The van der Waals surface area contributed by atoms with Crippen LogP contribution in [0.4, 0.5) is 11.4 Å². The number of non-ortho nitro benzene ring substituents is 1. The number of rotatable bonds is 8. The molecule has 0 unspecified atom stereocenters. The molecule has 2 aromatic rings. The molecule has 0 atom stereocenters. The molecular weight excluding hydrogens is 394 g/mol. The summed E-state index contributed by atoms with van der Waals surface area (Å²) in [5.74, 6) is -0.451. The first-order valence-corrected chi connectivity index (χ1v) is 10.5. The van der Waals surface area contributed by atoms with Crippen molar-refractivity contribution < 1.29 is 18.1 Å². The minimum absolute atomic E-state index is 0.111. The van der Waals surface area contributed by atoms with Crippen molar-refractivity contribution in [3.8, 4) is 0 Å². The third-order valence-electron chi connectivity index (χ3n) is 4.34. The lowest BCUT2D eigenvalue weighted by molar-refractivity contribution is -0.384. The SMILES string of the molecule is CCN(CC)S(=O)(=O)c1ccc(/C=C/C(=O)Nc2cc([N+](=O)[O-])ccc2C)cc1. The molecule has 0 saturated heterocycles. The van der Waals surface area contributed by atoms with Crippen LogP contribution < -0.4 is 5.32 Å². The highest BCUT2D eigenvalue weighted by Gasteiger charge is 2.20. The quantitative estimate of drug-likeness (QED) is 0.401. The Morgan fingerprint density at radius 1 is 1.14 bits per heavy atom. The maximum atomic E-state index is 12.5. The van der Waals surface area contributed by atoms with Crippen LogP contribution in [0, 0.1) is 17.0 Å². The summed E-state index contributed by atoms with van der Waals surface area (Å²) in [4.78, 5) is 22.7. The first-order chi connectivity index (χ1) is 13.7. The molecule has 0 heterocycles. The smallest absolute Gasteiger partial charge is 0.271 e. The maximum Gasteiger partial charge on any atom is 0.271 e. The fourth-order valence-electron chi connectivity index (χ4n) is 2.67. The molecule has 0 fully saturated rings. The Morgan fingerprint density at radius 2 is 1.76 bits per heavy atom. The number of aryl methyl sites for hydroxylation is 1. The Balaban J connectivity index is 2.12. The monoisotopic (exact) mass is 417 g/mol. The molecule has 0 bridgehead atoms. The molecule has 2 aromatic carbocycles. The molecule has 0 aromatic heterocycles. The van der Waals surface area contributed by atoms with Gasteiger partial charge in [-0.25, -0.2) is 8.42 Å². The molecule has 0 aliphatic rings. The second-order valence-electron chi connectivity index (χ2n) is 6.24. The van der Waals surface area contributed by atoms with E-state index in [4.69, 9.17) is 0 Å². The minimum Gasteiger partial charge on any atom is -0.322 e. The highest BCUT2D eigenvalue weighted by Crippen LogP contribution is 2.22. The lowest BCUT2D eigenvalue weighted by atomic mass is 10.1. The number of nitro groups is 1. The fraction of sp³-hybridized carbons (Fsp3) is 0.250. The second-order valence-corrected chi connectivity index (χ2v) is 8.18. The van der Waals surface area contributed by atoms with Crippen LogP contribution in [0.3, 0.4) is 0 Å². The van der Waals surface area contributed by atoms with E-state index >= 15 is 0 Å². The largest absolute Gasteiger partial charge is 0.322 e. The lowest BCUT2D eigenvalue weighted by Crippen LogP contribution is -2.30. The number of sulfonamides is 1. The van der Waals surface area contributed by atoms with Gasteiger partial charge in [-0.15, -0.1) is 0 Å². The van der Waals surface area contributed by atoms with Gasteiger partial charge in [0.1, 0.15) is 0 Å². The number of hydrogen-bond donors (Lipinski definition) is 1. The molecule has 0 aliphatic heterocycles. The summed E-state index contributed by atoms with van der Waals surface area (Å²) in [7, 11) is -3.53. The summed E-state index contributed by atoms with van der Waals surface area (Å²) in [5.41, 5.74) is 1.59. The zero-order chi connectivity index (χ0) is 21.6. The lowest BCUT2D eigenvalue weighted by Gasteiger charge is -2.18. The van der Waals surface area contributed by atoms with Crippen molar-refractivity contribution in [1.82, 2.24) is 4.31 Å². The second kappa shape index (κ2) is 9.44. The highest BCUT2D eigenvalue weighted by molar-refractivity contribution is 7.89. The maximum absolute atomic E-state index is 12.5. The molecule has 8 nitrogen and oxygen atoms in total. The molecule has 154 valence electrons. The van der Waals surface area contributed by atoms with Crippen molar-refractivity contribution in [2.45, 2.75) is 25.7 Å². The number of hydrogen-bond acceptors (Lipinski definition) is 5. The van der Waals surface area contributed by atoms with E-state index in [-0.39, 0.29) is 10.6 Å². The zero-order valence-electron chi connectivity index (χ0n) is 16.5. The molecular formula is C20H23N3O5S. The van der Waals surface area contributed by atoms with Gasteiger partial charge < -0.3 is 5.32 Å². The molecule has 0 saturated carbocycles. The summed E-state index contributed by atoms with van der Waals surface area (Å²) in [6, 6.07) is 10.4. The van der Waals surface area contributed by atoms with Gasteiger partial charge in [0.05, 0.1) is 15.5 Å². The fourth-order valence-corrected chi connectivity index (χ4v) is 4.13. The summed E-state index contributed by atoms with van der Waals surface area (Å²) >= 11 is 0. The number of amides is 1. The Kier molecular flexibility index (Phi) is 7.24. The number of nitro benzene ring substituents is 1. The Hall–Kier alpha value is -3.04. The number of benzene rings is 2. The van der Waals surface area contributed by atoms with Crippen LogP contribution in [0.2, 0.25) is 0 Å². The van der Waals surface area contributed by atoms with Crippen LogP contribution in [0.5, 0.6) is 0 Å². The zero-order valence-corrected chi connectivity index (χ0v) is 17.3. The van der Waals surface area contributed by atoms with Crippen LogP contribution in [0.15, 0.2) is 53.4 Å². The molecule has 0 spiro atoms. The third-order valence-corrected chi connectivity index (χ3v) is 6.40. The molecule has 0 radical (unpaired) electrons. The van der Waals surface area contributed by atoms with Gasteiger partial charge in [0.25, 0.3) is 5.69 Å². The average molecular weight is 417 g/mol. The molecule has 29 heavy (non-hydrogen) atoms. The van der Waals surface area contributed by atoms with Gasteiger partial charge in [0.15, 0.2) is 0 Å². The van der Waals surface area contributed by atoms with Gasteiger partial charge in [-0.2, -0.15) is 4.31 Å². The van der Waals surface area contributed by atoms with Gasteiger partial charge in [0, 0.05) is 31.3 Å². The van der Waals surface area contributed by atoms with E-state index in [0.717, 1.165) is 0 Å². The Labute approximate surface area is 170 Å². The van der Waals surface area contributed by atoms with Crippen LogP contribution in [0.25, 0.3) is 6.08 Å². The average Bonchev–Trinajstić information content (AvgIpc) is 2.69. The van der Waals surface area contributed by atoms with Crippen molar-refractivity contribution >= 4 is 33.4 Å². The summed E-state index contributed by atoms with van der Waals surface area (Å²) in [6.45, 7) is 6.06. The minimum atomic E-state index is -3.53. The summed E-state index contributed by atoms with van der Waals surface area (Å²) in [5, 5.41) is 13.5. The number of nitrogens with one attached hydrogen (secondary N) is 1. The van der Waals surface area contributed by atoms with Crippen molar-refractivity contribution in [3.63, 3.8) is 0 Å². The first-order valence-electron chi connectivity index (χ1n) is 9.03. The van der Waals surface area contributed by atoms with Gasteiger partial charge in [-0.3, -0.25) is 14.9 Å². The number of carbonyl (C=O) groups excluding carboxylic acids is 1. The predicted octanol–water partition coefficient (Wildman–Crippen LogP) is 3.59. The third kappa shape index (κ3) is 5.49. The molecule has 9 heteroatoms. The normalized spacial score (nSPS) is 11.7. The molecule has 1 N–H and O–H groups in total. The topological polar surface area (TPSA) is 110 Å². The van der Waals surface area contributed by atoms with Gasteiger partial charge in [-0.05, 0) is 36.3 Å². The van der Waals surface area contributed by atoms with E-state index in [1.165, 1.54) is 40.7 Å². The summed E-state index contributed by atoms with van der Waals surface area (Å²) < 4.78 is 26.3. The highest BCUT2D eigenvalue weighted by atomic mass is 32.2. The van der Waals surface area contributed by atoms with E-state index < -0.39 is 20.9 Å².